The van der Waals surface area contributed by atoms with Gasteiger partial charge in [-0.05, 0) is 19.3 Å². The molecule has 0 spiro atoms. The molecule has 390 valence electrons. The molecule has 0 aliphatic carbocycles. The Bertz CT molecular complexity index is 1160. The van der Waals surface area contributed by atoms with Gasteiger partial charge in [0.15, 0.2) is 12.6 Å². The lowest BCUT2D eigenvalue weighted by molar-refractivity contribution is -0.359. The number of unbranched alkanes of at least 4 members (excludes halogenated alkanes) is 29. The van der Waals surface area contributed by atoms with Gasteiger partial charge in [0.25, 0.3) is 0 Å². The Morgan fingerprint density at radius 2 is 0.939 bits per heavy atom. The monoisotopic (exact) mass is 946 g/mol. The zero-order chi connectivity index (χ0) is 48.2. The molecule has 9 N–H and O–H groups in total. The molecule has 4 unspecified atom stereocenters. The minimum absolute atomic E-state index is 0.236. The van der Waals surface area contributed by atoms with Gasteiger partial charge in [-0.25, -0.2) is 0 Å². The molecule has 0 saturated carbocycles. The molecule has 1 amide bonds. The van der Waals surface area contributed by atoms with Crippen LogP contribution < -0.4 is 5.32 Å². The van der Waals surface area contributed by atoms with Gasteiger partial charge >= 0.3 is 0 Å². The summed E-state index contributed by atoms with van der Waals surface area (Å²) in [6.07, 6.45) is 25.3. The third-order valence-electron chi connectivity index (χ3n) is 13.5. The Labute approximate surface area is 399 Å². The fourth-order valence-electron chi connectivity index (χ4n) is 9.06. The van der Waals surface area contributed by atoms with Gasteiger partial charge in [-0.2, -0.15) is 0 Å². The van der Waals surface area contributed by atoms with Crippen molar-refractivity contribution in [1.82, 2.24) is 5.32 Å². The maximum atomic E-state index is 13.2. The van der Waals surface area contributed by atoms with Gasteiger partial charge in [-0.3, -0.25) is 4.79 Å². The predicted molar refractivity (Wildman–Crippen MR) is 259 cm³/mol. The lowest BCUT2D eigenvalue weighted by atomic mass is 9.97. The van der Waals surface area contributed by atoms with E-state index in [2.05, 4.69) is 19.2 Å². The first-order valence-corrected chi connectivity index (χ1v) is 26.9. The van der Waals surface area contributed by atoms with Gasteiger partial charge in [-0.1, -0.05) is 206 Å². The SMILES string of the molecule is CCCCCCCCCCCCC/C=C/[C@@H](O)[C@H](CO[C@@H]1OC(CO)[C@@H](O[C@@H]2OC(CO)[C@H](O)[C@H](O)C2O)[C@H](O)C1O)NC(=O)CCCCCCCCCCCCCCCCCCCCC. The molecule has 0 radical (unpaired) electrons. The second kappa shape index (κ2) is 39.5. The highest BCUT2D eigenvalue weighted by Crippen LogP contribution is 2.30. The van der Waals surface area contributed by atoms with E-state index in [1.165, 1.54) is 154 Å². The van der Waals surface area contributed by atoms with Crippen molar-refractivity contribution in [3.63, 3.8) is 0 Å². The van der Waals surface area contributed by atoms with Crippen molar-refractivity contribution in [1.29, 1.82) is 0 Å². The molecule has 0 aromatic carbocycles. The van der Waals surface area contributed by atoms with E-state index in [1.807, 2.05) is 6.08 Å². The fraction of sp³-hybridized carbons (Fsp3) is 0.942. The quantitative estimate of drug-likeness (QED) is 0.0213. The molecule has 2 aliphatic heterocycles. The summed E-state index contributed by atoms with van der Waals surface area (Å²) in [5.41, 5.74) is 0. The lowest BCUT2D eigenvalue weighted by Gasteiger charge is -2.46. The number of allylic oxidation sites excluding steroid dienone is 1. The zero-order valence-corrected chi connectivity index (χ0v) is 41.5. The van der Waals surface area contributed by atoms with E-state index < -0.39 is 86.8 Å². The largest absolute Gasteiger partial charge is 0.394 e. The molecule has 0 aromatic rings. The van der Waals surface area contributed by atoms with Crippen molar-refractivity contribution in [2.75, 3.05) is 19.8 Å². The first-order chi connectivity index (χ1) is 32.1. The van der Waals surface area contributed by atoms with Crippen molar-refractivity contribution >= 4 is 5.91 Å². The molecule has 14 heteroatoms. The number of amides is 1. The molecule has 0 bridgehead atoms. The summed E-state index contributed by atoms with van der Waals surface area (Å²) >= 11 is 0. The van der Waals surface area contributed by atoms with Crippen molar-refractivity contribution in [2.45, 2.75) is 293 Å². The molecule has 14 nitrogen and oxygen atoms in total. The second-order valence-corrected chi connectivity index (χ2v) is 19.4. The number of aliphatic hydroxyl groups excluding tert-OH is 8. The number of aliphatic hydroxyl groups is 8. The maximum absolute atomic E-state index is 13.2. The predicted octanol–water partition coefficient (Wildman–Crippen LogP) is 7.55. The van der Waals surface area contributed by atoms with E-state index in [0.717, 1.165) is 38.5 Å². The standard InChI is InChI=1S/C52H99NO13/c1-3-5-7-9-11-13-15-17-18-19-20-21-22-24-26-28-30-32-34-36-44(57)53-40(41(56)35-33-31-29-27-25-23-16-14-12-10-8-6-4-2)39-63-51-49(62)47(60)50(43(38-55)65-51)66-52-48(61)46(59)45(58)42(37-54)64-52/h33,35,40-43,45-52,54-56,58-62H,3-32,34,36-39H2,1-2H3,(H,53,57)/b35-33+/t40-,41+,42?,43?,45-,46-,47+,48?,49?,50+,51+,52-/m0/s1. The van der Waals surface area contributed by atoms with Gasteiger partial charge < -0.3 is 65.1 Å². The van der Waals surface area contributed by atoms with Crippen LogP contribution in [0.25, 0.3) is 0 Å². The Balaban J connectivity index is 1.80. The second-order valence-electron chi connectivity index (χ2n) is 19.4. The van der Waals surface area contributed by atoms with Crippen molar-refractivity contribution in [3.05, 3.63) is 12.2 Å². The van der Waals surface area contributed by atoms with Gasteiger partial charge in [-0.15, -0.1) is 0 Å². The molecule has 2 saturated heterocycles. The smallest absolute Gasteiger partial charge is 0.220 e. The van der Waals surface area contributed by atoms with E-state index in [4.69, 9.17) is 18.9 Å². The molecular weight excluding hydrogens is 847 g/mol. The Kier molecular flexibility index (Phi) is 36.4. The van der Waals surface area contributed by atoms with Gasteiger partial charge in [0.05, 0.1) is 32.0 Å². The maximum Gasteiger partial charge on any atom is 0.220 e. The van der Waals surface area contributed by atoms with E-state index in [9.17, 15) is 45.6 Å². The van der Waals surface area contributed by atoms with Crippen LogP contribution in [0.1, 0.15) is 219 Å². The lowest BCUT2D eigenvalue weighted by Crippen LogP contribution is -2.65. The summed E-state index contributed by atoms with van der Waals surface area (Å²) in [5.74, 6) is -0.236. The van der Waals surface area contributed by atoms with Crippen LogP contribution in [0.2, 0.25) is 0 Å². The van der Waals surface area contributed by atoms with E-state index in [1.54, 1.807) is 6.08 Å². The molecule has 2 rings (SSSR count). The van der Waals surface area contributed by atoms with Crippen LogP contribution in [0.15, 0.2) is 12.2 Å². The first kappa shape index (κ1) is 60.9. The minimum atomic E-state index is -1.78. The van der Waals surface area contributed by atoms with Crippen LogP contribution >= 0.6 is 0 Å². The number of hydrogen-bond acceptors (Lipinski definition) is 13. The van der Waals surface area contributed by atoms with E-state index >= 15 is 0 Å². The zero-order valence-electron chi connectivity index (χ0n) is 41.5. The number of carbonyl (C=O) groups is 1. The summed E-state index contributed by atoms with van der Waals surface area (Å²) in [6.45, 7) is 2.80. The van der Waals surface area contributed by atoms with Crippen molar-refractivity contribution in [3.8, 4) is 0 Å². The number of nitrogens with one attached hydrogen (secondary N) is 1. The van der Waals surface area contributed by atoms with E-state index in [-0.39, 0.29) is 18.9 Å². The molecule has 2 fully saturated rings. The van der Waals surface area contributed by atoms with Gasteiger partial charge in [0, 0.05) is 6.42 Å². The van der Waals surface area contributed by atoms with Gasteiger partial charge in [0.1, 0.15) is 48.8 Å². The molecule has 0 aromatic heterocycles. The Hall–Kier alpha value is -1.27. The molecule has 66 heavy (non-hydrogen) atoms. The average molecular weight is 946 g/mol. The number of carbonyl (C=O) groups excluding carboxylic acids is 1. The number of hydrogen-bond donors (Lipinski definition) is 9. The van der Waals surface area contributed by atoms with E-state index in [0.29, 0.717) is 6.42 Å². The van der Waals surface area contributed by atoms with Crippen molar-refractivity contribution < 1.29 is 64.6 Å². The normalized spacial score (nSPS) is 26.8. The average Bonchev–Trinajstić information content (AvgIpc) is 3.31. The number of ether oxygens (including phenoxy) is 4. The molecule has 2 heterocycles. The molecule has 12 atom stereocenters. The minimum Gasteiger partial charge on any atom is -0.394 e. The highest BCUT2D eigenvalue weighted by Gasteiger charge is 2.51. The Morgan fingerprint density at radius 3 is 1.39 bits per heavy atom. The third kappa shape index (κ3) is 26.1. The van der Waals surface area contributed by atoms with Crippen LogP contribution in [0, 0.1) is 0 Å². The third-order valence-corrected chi connectivity index (χ3v) is 13.5. The summed E-state index contributed by atoms with van der Waals surface area (Å²) in [4.78, 5) is 13.2. The topological polar surface area (TPSA) is 228 Å². The molecule has 2 aliphatic rings. The summed E-state index contributed by atoms with van der Waals surface area (Å²) in [6, 6.07) is -0.907. The van der Waals surface area contributed by atoms with Crippen LogP contribution in [0.5, 0.6) is 0 Å². The Morgan fingerprint density at radius 1 is 0.530 bits per heavy atom. The van der Waals surface area contributed by atoms with Crippen LogP contribution in [-0.2, 0) is 23.7 Å². The highest BCUT2D eigenvalue weighted by molar-refractivity contribution is 5.76. The summed E-state index contributed by atoms with van der Waals surface area (Å²) in [7, 11) is 0. The van der Waals surface area contributed by atoms with Crippen LogP contribution in [0.4, 0.5) is 0 Å². The van der Waals surface area contributed by atoms with Crippen LogP contribution in [-0.4, -0.2) is 140 Å². The number of rotatable bonds is 42. The summed E-state index contributed by atoms with van der Waals surface area (Å²) in [5, 5.41) is 86.8. The fourth-order valence-corrected chi connectivity index (χ4v) is 9.06. The highest BCUT2D eigenvalue weighted by atomic mass is 16.7. The van der Waals surface area contributed by atoms with Gasteiger partial charge in [0.2, 0.25) is 5.91 Å². The molecular formula is C52H99NO13. The van der Waals surface area contributed by atoms with Crippen LogP contribution in [0.3, 0.4) is 0 Å². The first-order valence-electron chi connectivity index (χ1n) is 26.9. The summed E-state index contributed by atoms with van der Waals surface area (Å²) < 4.78 is 22.7. The van der Waals surface area contributed by atoms with Crippen molar-refractivity contribution in [2.24, 2.45) is 0 Å².